The van der Waals surface area contributed by atoms with Gasteiger partial charge in [0.1, 0.15) is 0 Å². The lowest BCUT2D eigenvalue weighted by molar-refractivity contribution is 0.245. The molecular weight excluding hydrogens is 266 g/mol. The third-order valence-corrected chi connectivity index (χ3v) is 3.99. The standard InChI is InChI=1S/C17H25NOS/c1-15(11-13-20-3)18(2)14-17-9-7-16(8-10-17)6-4-5-12-19/h7-10,15,19H,5,11-14H2,1-3H3. The molecule has 1 aromatic rings. The molecule has 0 aliphatic carbocycles. The summed E-state index contributed by atoms with van der Waals surface area (Å²) in [7, 11) is 2.18. The van der Waals surface area contributed by atoms with Gasteiger partial charge in [-0.2, -0.15) is 11.8 Å². The second-order valence-electron chi connectivity index (χ2n) is 5.02. The van der Waals surface area contributed by atoms with Crippen molar-refractivity contribution >= 4 is 11.8 Å². The highest BCUT2D eigenvalue weighted by molar-refractivity contribution is 7.98. The number of nitrogens with zero attached hydrogens (tertiary/aromatic N) is 1. The SMILES string of the molecule is CSCCC(C)N(C)Cc1ccc(C#CCCO)cc1. The highest BCUT2D eigenvalue weighted by Crippen LogP contribution is 2.11. The summed E-state index contributed by atoms with van der Waals surface area (Å²) in [5.41, 5.74) is 2.33. The van der Waals surface area contributed by atoms with Crippen LogP contribution in [0.2, 0.25) is 0 Å². The first-order valence-electron chi connectivity index (χ1n) is 7.05. The third kappa shape index (κ3) is 6.47. The van der Waals surface area contributed by atoms with E-state index in [1.807, 2.05) is 11.8 Å². The van der Waals surface area contributed by atoms with E-state index < -0.39 is 0 Å². The van der Waals surface area contributed by atoms with Crippen molar-refractivity contribution in [2.45, 2.75) is 32.4 Å². The lowest BCUT2D eigenvalue weighted by Gasteiger charge is -2.24. The van der Waals surface area contributed by atoms with Gasteiger partial charge in [-0.25, -0.2) is 0 Å². The van der Waals surface area contributed by atoms with Gasteiger partial charge in [-0.05, 0) is 50.1 Å². The fourth-order valence-corrected chi connectivity index (χ4v) is 2.44. The van der Waals surface area contributed by atoms with E-state index in [2.05, 4.69) is 61.2 Å². The minimum Gasteiger partial charge on any atom is -0.395 e. The fourth-order valence-electron chi connectivity index (χ4n) is 1.87. The minimum atomic E-state index is 0.129. The third-order valence-electron chi connectivity index (χ3n) is 3.35. The number of hydrogen-bond donors (Lipinski definition) is 1. The van der Waals surface area contributed by atoms with Crippen LogP contribution in [0.4, 0.5) is 0 Å². The molecular formula is C17H25NOS. The molecule has 0 bridgehead atoms. The summed E-state index contributed by atoms with van der Waals surface area (Å²) in [5.74, 6) is 7.20. The molecule has 0 radical (unpaired) electrons. The van der Waals surface area contributed by atoms with Crippen molar-refractivity contribution < 1.29 is 5.11 Å². The summed E-state index contributed by atoms with van der Waals surface area (Å²) in [5, 5.41) is 8.69. The van der Waals surface area contributed by atoms with Gasteiger partial charge in [-0.3, -0.25) is 4.90 Å². The van der Waals surface area contributed by atoms with Gasteiger partial charge in [0, 0.05) is 24.6 Å². The molecule has 2 nitrogen and oxygen atoms in total. The van der Waals surface area contributed by atoms with E-state index in [4.69, 9.17) is 5.11 Å². The molecule has 0 aliphatic rings. The second-order valence-corrected chi connectivity index (χ2v) is 6.00. The molecule has 0 fully saturated rings. The van der Waals surface area contributed by atoms with E-state index in [-0.39, 0.29) is 6.61 Å². The molecule has 1 unspecified atom stereocenters. The van der Waals surface area contributed by atoms with Crippen LogP contribution in [0.15, 0.2) is 24.3 Å². The predicted octanol–water partition coefficient (Wildman–Crippen LogP) is 2.99. The normalized spacial score (nSPS) is 12.1. The molecule has 20 heavy (non-hydrogen) atoms. The Balaban J connectivity index is 2.50. The zero-order valence-electron chi connectivity index (χ0n) is 12.7. The molecule has 0 saturated carbocycles. The zero-order chi connectivity index (χ0) is 14.8. The van der Waals surface area contributed by atoms with Gasteiger partial charge >= 0.3 is 0 Å². The van der Waals surface area contributed by atoms with Crippen LogP contribution >= 0.6 is 11.8 Å². The van der Waals surface area contributed by atoms with Crippen molar-refractivity contribution in [2.75, 3.05) is 25.7 Å². The van der Waals surface area contributed by atoms with Gasteiger partial charge in [0.05, 0.1) is 6.61 Å². The molecule has 0 aliphatic heterocycles. The summed E-state index contributed by atoms with van der Waals surface area (Å²) in [4.78, 5) is 2.39. The first-order valence-corrected chi connectivity index (χ1v) is 8.44. The molecule has 0 saturated heterocycles. The van der Waals surface area contributed by atoms with Crippen LogP contribution in [0.1, 0.15) is 30.9 Å². The Labute approximate surface area is 127 Å². The first-order chi connectivity index (χ1) is 9.67. The largest absolute Gasteiger partial charge is 0.395 e. The minimum absolute atomic E-state index is 0.129. The number of aliphatic hydroxyl groups excluding tert-OH is 1. The quantitative estimate of drug-likeness (QED) is 0.781. The fraction of sp³-hybridized carbons (Fsp3) is 0.529. The molecule has 0 aromatic heterocycles. The second kappa shape index (κ2) is 9.88. The summed E-state index contributed by atoms with van der Waals surface area (Å²) in [6, 6.07) is 8.99. The van der Waals surface area contributed by atoms with Crippen molar-refractivity contribution in [1.29, 1.82) is 0 Å². The highest BCUT2D eigenvalue weighted by Gasteiger charge is 2.08. The van der Waals surface area contributed by atoms with Crippen LogP contribution < -0.4 is 0 Å². The molecule has 1 atom stereocenters. The Kier molecular flexibility index (Phi) is 8.45. The van der Waals surface area contributed by atoms with Gasteiger partial charge in [0.25, 0.3) is 0 Å². The Morgan fingerprint density at radius 2 is 2.00 bits per heavy atom. The van der Waals surface area contributed by atoms with Crippen molar-refractivity contribution in [3.8, 4) is 11.8 Å². The van der Waals surface area contributed by atoms with Crippen molar-refractivity contribution in [1.82, 2.24) is 4.90 Å². The summed E-state index contributed by atoms with van der Waals surface area (Å²) < 4.78 is 0. The summed E-state index contributed by atoms with van der Waals surface area (Å²) >= 11 is 1.91. The van der Waals surface area contributed by atoms with Gasteiger partial charge in [0.2, 0.25) is 0 Å². The maximum absolute atomic E-state index is 8.69. The molecule has 3 heteroatoms. The van der Waals surface area contributed by atoms with E-state index in [0.29, 0.717) is 12.5 Å². The van der Waals surface area contributed by atoms with E-state index in [1.54, 1.807) is 0 Å². The molecule has 1 rings (SSSR count). The van der Waals surface area contributed by atoms with Gasteiger partial charge in [0.15, 0.2) is 0 Å². The predicted molar refractivity (Wildman–Crippen MR) is 89.0 cm³/mol. The van der Waals surface area contributed by atoms with Crippen molar-refractivity contribution in [3.05, 3.63) is 35.4 Å². The van der Waals surface area contributed by atoms with Crippen LogP contribution in [-0.4, -0.2) is 41.7 Å². The zero-order valence-corrected chi connectivity index (χ0v) is 13.5. The van der Waals surface area contributed by atoms with Crippen LogP contribution in [0.3, 0.4) is 0 Å². The number of hydrogen-bond acceptors (Lipinski definition) is 3. The van der Waals surface area contributed by atoms with Gasteiger partial charge in [-0.15, -0.1) is 0 Å². The summed E-state index contributed by atoms with van der Waals surface area (Å²) in [6.07, 6.45) is 3.92. The highest BCUT2D eigenvalue weighted by atomic mass is 32.2. The van der Waals surface area contributed by atoms with E-state index in [9.17, 15) is 0 Å². The van der Waals surface area contributed by atoms with Crippen LogP contribution in [-0.2, 0) is 6.54 Å². The molecule has 0 heterocycles. The summed E-state index contributed by atoms with van der Waals surface area (Å²) in [6.45, 7) is 3.38. The molecule has 110 valence electrons. The Morgan fingerprint density at radius 3 is 2.60 bits per heavy atom. The lowest BCUT2D eigenvalue weighted by Crippen LogP contribution is -2.29. The number of benzene rings is 1. The molecule has 0 spiro atoms. The van der Waals surface area contributed by atoms with Crippen LogP contribution in [0, 0.1) is 11.8 Å². The molecule has 1 aromatic carbocycles. The van der Waals surface area contributed by atoms with Crippen LogP contribution in [0.5, 0.6) is 0 Å². The Morgan fingerprint density at radius 1 is 1.30 bits per heavy atom. The van der Waals surface area contributed by atoms with E-state index in [1.165, 1.54) is 17.7 Å². The number of rotatable bonds is 7. The van der Waals surface area contributed by atoms with Crippen molar-refractivity contribution in [3.63, 3.8) is 0 Å². The maximum atomic E-state index is 8.69. The topological polar surface area (TPSA) is 23.5 Å². The van der Waals surface area contributed by atoms with Gasteiger partial charge < -0.3 is 5.11 Å². The smallest absolute Gasteiger partial charge is 0.0540 e. The monoisotopic (exact) mass is 291 g/mol. The Hall–Kier alpha value is -0.950. The van der Waals surface area contributed by atoms with Gasteiger partial charge in [-0.1, -0.05) is 24.0 Å². The lowest BCUT2D eigenvalue weighted by atomic mass is 10.1. The molecule has 1 N–H and O–H groups in total. The number of aliphatic hydroxyl groups is 1. The average molecular weight is 291 g/mol. The van der Waals surface area contributed by atoms with Crippen molar-refractivity contribution in [2.24, 2.45) is 0 Å². The average Bonchev–Trinajstić information content (AvgIpc) is 2.46. The first kappa shape index (κ1) is 17.1. The van der Waals surface area contributed by atoms with E-state index >= 15 is 0 Å². The van der Waals surface area contributed by atoms with E-state index in [0.717, 1.165) is 12.1 Å². The molecule has 0 amide bonds. The Bertz CT molecular complexity index is 433. The van der Waals surface area contributed by atoms with Crippen LogP contribution in [0.25, 0.3) is 0 Å². The maximum Gasteiger partial charge on any atom is 0.0540 e. The number of thioether (sulfide) groups is 1.